The Morgan fingerprint density at radius 2 is 1.68 bits per heavy atom. The van der Waals surface area contributed by atoms with Gasteiger partial charge in [0, 0.05) is 37.2 Å². The van der Waals surface area contributed by atoms with Crippen molar-refractivity contribution < 1.29 is 14.3 Å². The summed E-state index contributed by atoms with van der Waals surface area (Å²) in [6.07, 6.45) is 11.5. The SMILES string of the molecule is O=C1C[C@@H]([C@@H]2CCCC=C2N2CCOCC2)C(=O)N1C1CCCCC1. The van der Waals surface area contributed by atoms with Crippen molar-refractivity contribution in [3.05, 3.63) is 11.8 Å². The largest absolute Gasteiger partial charge is 0.378 e. The van der Waals surface area contributed by atoms with Crippen LogP contribution in [0.3, 0.4) is 0 Å². The molecule has 5 heteroatoms. The summed E-state index contributed by atoms with van der Waals surface area (Å²) in [6.45, 7) is 3.33. The van der Waals surface area contributed by atoms with Crippen LogP contribution < -0.4 is 0 Å². The van der Waals surface area contributed by atoms with Gasteiger partial charge in [0.25, 0.3) is 0 Å². The average Bonchev–Trinajstić information content (AvgIpc) is 2.97. The number of ether oxygens (including phenoxy) is 1. The van der Waals surface area contributed by atoms with Gasteiger partial charge in [-0.3, -0.25) is 14.5 Å². The standard InChI is InChI=1S/C20H30N2O3/c23-19-14-17(20(24)22(19)15-6-2-1-3-7-15)16-8-4-5-9-18(16)21-10-12-25-13-11-21/h9,15-17H,1-8,10-14H2/t16-,17-/m0/s1. The van der Waals surface area contributed by atoms with E-state index in [1.165, 1.54) is 12.1 Å². The number of imide groups is 1. The Kier molecular flexibility index (Phi) is 5.11. The van der Waals surface area contributed by atoms with Gasteiger partial charge >= 0.3 is 0 Å². The number of allylic oxidation sites excluding steroid dienone is 2. The summed E-state index contributed by atoms with van der Waals surface area (Å²) in [4.78, 5) is 29.9. The van der Waals surface area contributed by atoms with Crippen LogP contribution in [0.1, 0.15) is 57.8 Å². The Labute approximate surface area is 150 Å². The fourth-order valence-electron chi connectivity index (χ4n) is 5.19. The quantitative estimate of drug-likeness (QED) is 0.737. The third-order valence-electron chi connectivity index (χ3n) is 6.47. The first-order chi connectivity index (χ1) is 12.3. The third kappa shape index (κ3) is 3.35. The maximum Gasteiger partial charge on any atom is 0.233 e. The molecule has 2 amide bonds. The number of hydrogen-bond acceptors (Lipinski definition) is 4. The fourth-order valence-corrected chi connectivity index (χ4v) is 5.19. The molecule has 1 saturated carbocycles. The van der Waals surface area contributed by atoms with E-state index in [2.05, 4.69) is 11.0 Å². The summed E-state index contributed by atoms with van der Waals surface area (Å²) in [5, 5.41) is 0. The minimum Gasteiger partial charge on any atom is -0.378 e. The highest BCUT2D eigenvalue weighted by molar-refractivity contribution is 6.04. The van der Waals surface area contributed by atoms with E-state index in [-0.39, 0.29) is 29.7 Å². The Bertz CT molecular complexity index is 547. The first-order valence-corrected chi connectivity index (χ1v) is 10.1. The van der Waals surface area contributed by atoms with E-state index in [4.69, 9.17) is 4.74 Å². The fraction of sp³-hybridized carbons (Fsp3) is 0.800. The molecular weight excluding hydrogens is 316 g/mol. The molecule has 4 rings (SSSR count). The molecule has 2 atom stereocenters. The molecule has 138 valence electrons. The first kappa shape index (κ1) is 17.1. The number of rotatable bonds is 3. The number of carbonyl (C=O) groups excluding carboxylic acids is 2. The molecular formula is C20H30N2O3. The van der Waals surface area contributed by atoms with E-state index in [0.29, 0.717) is 6.42 Å². The monoisotopic (exact) mass is 346 g/mol. The lowest BCUT2D eigenvalue weighted by molar-refractivity contribution is -0.143. The molecule has 0 aromatic rings. The average molecular weight is 346 g/mol. The maximum absolute atomic E-state index is 13.2. The van der Waals surface area contributed by atoms with Crippen LogP contribution in [0.2, 0.25) is 0 Å². The number of nitrogens with zero attached hydrogens (tertiary/aromatic N) is 2. The van der Waals surface area contributed by atoms with Gasteiger partial charge in [0.05, 0.1) is 19.1 Å². The van der Waals surface area contributed by atoms with E-state index >= 15 is 0 Å². The van der Waals surface area contributed by atoms with Crippen molar-refractivity contribution in [1.82, 2.24) is 9.80 Å². The highest BCUT2D eigenvalue weighted by Crippen LogP contribution is 2.40. The predicted molar refractivity (Wildman–Crippen MR) is 94.6 cm³/mol. The number of hydrogen-bond donors (Lipinski definition) is 0. The second-order valence-corrected chi connectivity index (χ2v) is 7.97. The van der Waals surface area contributed by atoms with E-state index in [9.17, 15) is 9.59 Å². The smallest absolute Gasteiger partial charge is 0.233 e. The van der Waals surface area contributed by atoms with Gasteiger partial charge in [-0.25, -0.2) is 0 Å². The molecule has 0 aromatic carbocycles. The van der Waals surface area contributed by atoms with Crippen molar-refractivity contribution in [2.45, 2.75) is 63.8 Å². The second-order valence-electron chi connectivity index (χ2n) is 7.97. The minimum absolute atomic E-state index is 0.0776. The normalized spacial score (nSPS) is 32.2. The Morgan fingerprint density at radius 1 is 0.920 bits per heavy atom. The predicted octanol–water partition coefficient (Wildman–Crippen LogP) is 2.71. The summed E-state index contributed by atoms with van der Waals surface area (Å²) in [5.74, 6) is 0.275. The van der Waals surface area contributed by atoms with E-state index in [0.717, 1.165) is 71.2 Å². The zero-order valence-electron chi connectivity index (χ0n) is 15.1. The number of morpholine rings is 1. The lowest BCUT2D eigenvalue weighted by atomic mass is 9.80. The molecule has 2 heterocycles. The molecule has 2 aliphatic carbocycles. The maximum atomic E-state index is 13.2. The molecule has 0 aromatic heterocycles. The minimum atomic E-state index is -0.135. The van der Waals surface area contributed by atoms with Crippen molar-refractivity contribution in [2.75, 3.05) is 26.3 Å². The lowest BCUT2D eigenvalue weighted by Gasteiger charge is -2.39. The van der Waals surface area contributed by atoms with E-state index < -0.39 is 0 Å². The third-order valence-corrected chi connectivity index (χ3v) is 6.47. The van der Waals surface area contributed by atoms with Crippen LogP contribution in [-0.4, -0.2) is 54.0 Å². The topological polar surface area (TPSA) is 49.9 Å². The van der Waals surface area contributed by atoms with Gasteiger partial charge in [-0.15, -0.1) is 0 Å². The Hall–Kier alpha value is -1.36. The second kappa shape index (κ2) is 7.48. The summed E-state index contributed by atoms with van der Waals surface area (Å²) in [7, 11) is 0. The van der Waals surface area contributed by atoms with Gasteiger partial charge < -0.3 is 9.64 Å². The van der Waals surface area contributed by atoms with Gasteiger partial charge in [0.2, 0.25) is 11.8 Å². The van der Waals surface area contributed by atoms with Crippen LogP contribution in [0, 0.1) is 11.8 Å². The lowest BCUT2D eigenvalue weighted by Crippen LogP contribution is -2.44. The molecule has 25 heavy (non-hydrogen) atoms. The van der Waals surface area contributed by atoms with E-state index in [1.54, 1.807) is 4.90 Å². The molecule has 4 aliphatic rings. The highest BCUT2D eigenvalue weighted by atomic mass is 16.5. The van der Waals surface area contributed by atoms with Crippen molar-refractivity contribution in [1.29, 1.82) is 0 Å². The number of amides is 2. The van der Waals surface area contributed by atoms with Crippen LogP contribution in [0.15, 0.2) is 11.8 Å². The number of likely N-dealkylation sites (tertiary alicyclic amines) is 1. The summed E-state index contributed by atoms with van der Waals surface area (Å²) in [6, 6.07) is 0.165. The van der Waals surface area contributed by atoms with Crippen molar-refractivity contribution in [2.24, 2.45) is 11.8 Å². The Morgan fingerprint density at radius 3 is 2.44 bits per heavy atom. The summed E-state index contributed by atoms with van der Waals surface area (Å²) < 4.78 is 5.49. The molecule has 0 N–H and O–H groups in total. The summed E-state index contributed by atoms with van der Waals surface area (Å²) >= 11 is 0. The summed E-state index contributed by atoms with van der Waals surface area (Å²) in [5.41, 5.74) is 1.31. The van der Waals surface area contributed by atoms with Crippen LogP contribution in [0.25, 0.3) is 0 Å². The van der Waals surface area contributed by atoms with Crippen LogP contribution in [0.5, 0.6) is 0 Å². The first-order valence-electron chi connectivity index (χ1n) is 10.1. The molecule has 3 fully saturated rings. The van der Waals surface area contributed by atoms with Crippen molar-refractivity contribution >= 4 is 11.8 Å². The molecule has 2 aliphatic heterocycles. The van der Waals surface area contributed by atoms with Crippen LogP contribution >= 0.6 is 0 Å². The molecule has 0 radical (unpaired) electrons. The van der Waals surface area contributed by atoms with Gasteiger partial charge in [-0.2, -0.15) is 0 Å². The van der Waals surface area contributed by atoms with Crippen LogP contribution in [0.4, 0.5) is 0 Å². The molecule has 0 unspecified atom stereocenters. The zero-order valence-corrected chi connectivity index (χ0v) is 15.1. The molecule has 5 nitrogen and oxygen atoms in total. The highest BCUT2D eigenvalue weighted by Gasteiger charge is 2.47. The van der Waals surface area contributed by atoms with Crippen LogP contribution in [-0.2, 0) is 14.3 Å². The molecule has 2 saturated heterocycles. The van der Waals surface area contributed by atoms with E-state index in [1.807, 2.05) is 0 Å². The molecule has 0 bridgehead atoms. The zero-order chi connectivity index (χ0) is 17.2. The number of carbonyl (C=O) groups is 2. The van der Waals surface area contributed by atoms with Gasteiger partial charge in [0.1, 0.15) is 0 Å². The van der Waals surface area contributed by atoms with Crippen molar-refractivity contribution in [3.8, 4) is 0 Å². The van der Waals surface area contributed by atoms with Gasteiger partial charge in [-0.05, 0) is 32.1 Å². The molecule has 0 spiro atoms. The Balaban J connectivity index is 1.51. The van der Waals surface area contributed by atoms with Gasteiger partial charge in [-0.1, -0.05) is 25.3 Å². The van der Waals surface area contributed by atoms with Crippen molar-refractivity contribution in [3.63, 3.8) is 0 Å². The van der Waals surface area contributed by atoms with Gasteiger partial charge in [0.15, 0.2) is 0 Å².